The Kier molecular flexibility index (Phi) is 5.15. The highest BCUT2D eigenvalue weighted by Crippen LogP contribution is 2.15. The highest BCUT2D eigenvalue weighted by Gasteiger charge is 2.21. The Labute approximate surface area is 135 Å². The zero-order valence-electron chi connectivity index (χ0n) is 10.9. The average Bonchev–Trinajstić information content (AvgIpc) is 2.45. The fourth-order valence-electron chi connectivity index (χ4n) is 1.80. The van der Waals surface area contributed by atoms with Gasteiger partial charge < -0.3 is 15.7 Å². The standard InChI is InChI=1S/C15H13IN2O3/c16-11-7-4-8-12(9-11)17-15(21)18-13(14(19)20)10-5-2-1-3-6-10/h1-9,13H,(H,19,20)(H2,17,18,21). The summed E-state index contributed by atoms with van der Waals surface area (Å²) in [5.74, 6) is -1.11. The molecule has 0 spiro atoms. The minimum absolute atomic E-state index is 0.516. The molecule has 2 aromatic rings. The Morgan fingerprint density at radius 2 is 1.76 bits per heavy atom. The highest BCUT2D eigenvalue weighted by molar-refractivity contribution is 14.1. The molecule has 0 bridgehead atoms. The Balaban J connectivity index is 2.07. The molecule has 0 aliphatic rings. The predicted molar refractivity (Wildman–Crippen MR) is 88.1 cm³/mol. The van der Waals surface area contributed by atoms with E-state index in [-0.39, 0.29) is 0 Å². The Bertz CT molecular complexity index is 646. The van der Waals surface area contributed by atoms with E-state index in [0.29, 0.717) is 11.3 Å². The smallest absolute Gasteiger partial charge is 0.330 e. The first-order chi connectivity index (χ1) is 10.1. The summed E-state index contributed by atoms with van der Waals surface area (Å²) < 4.78 is 0.975. The van der Waals surface area contributed by atoms with Gasteiger partial charge in [-0.15, -0.1) is 0 Å². The number of amides is 2. The van der Waals surface area contributed by atoms with Crippen LogP contribution in [0.4, 0.5) is 10.5 Å². The monoisotopic (exact) mass is 396 g/mol. The third-order valence-corrected chi connectivity index (χ3v) is 3.41. The number of halogens is 1. The normalized spacial score (nSPS) is 11.5. The summed E-state index contributed by atoms with van der Waals surface area (Å²) in [6.45, 7) is 0. The van der Waals surface area contributed by atoms with Crippen LogP contribution in [0.3, 0.4) is 0 Å². The van der Waals surface area contributed by atoms with Gasteiger partial charge in [0.1, 0.15) is 0 Å². The van der Waals surface area contributed by atoms with Crippen molar-refractivity contribution in [1.82, 2.24) is 5.32 Å². The maximum Gasteiger partial charge on any atom is 0.330 e. The molecule has 2 rings (SSSR count). The number of anilines is 1. The lowest BCUT2D eigenvalue weighted by Gasteiger charge is -2.15. The van der Waals surface area contributed by atoms with E-state index in [1.807, 2.05) is 12.1 Å². The molecule has 1 unspecified atom stereocenters. The lowest BCUT2D eigenvalue weighted by atomic mass is 10.1. The van der Waals surface area contributed by atoms with Crippen molar-refractivity contribution in [1.29, 1.82) is 0 Å². The topological polar surface area (TPSA) is 78.4 Å². The molecule has 21 heavy (non-hydrogen) atoms. The first-order valence-electron chi connectivity index (χ1n) is 6.17. The number of carboxylic acid groups (broad SMARTS) is 1. The molecule has 0 aliphatic heterocycles. The average molecular weight is 396 g/mol. The Morgan fingerprint density at radius 1 is 1.05 bits per heavy atom. The zero-order valence-corrected chi connectivity index (χ0v) is 13.1. The second kappa shape index (κ2) is 7.07. The number of rotatable bonds is 4. The molecule has 0 aromatic heterocycles. The van der Waals surface area contributed by atoms with Gasteiger partial charge in [0.25, 0.3) is 0 Å². The van der Waals surface area contributed by atoms with Gasteiger partial charge in [0, 0.05) is 9.26 Å². The lowest BCUT2D eigenvalue weighted by molar-refractivity contribution is -0.139. The van der Waals surface area contributed by atoms with E-state index < -0.39 is 18.0 Å². The molecule has 6 heteroatoms. The summed E-state index contributed by atoms with van der Waals surface area (Å²) in [6, 6.07) is 14.1. The molecule has 2 amide bonds. The number of hydrogen-bond acceptors (Lipinski definition) is 2. The van der Waals surface area contributed by atoms with Crippen molar-refractivity contribution in [3.8, 4) is 0 Å². The minimum atomic E-state index is -1.11. The van der Waals surface area contributed by atoms with Crippen LogP contribution in [-0.2, 0) is 4.79 Å². The molecular formula is C15H13IN2O3. The molecule has 0 heterocycles. The van der Waals surface area contributed by atoms with Gasteiger partial charge in [0.2, 0.25) is 0 Å². The Hall–Kier alpha value is -2.09. The number of aliphatic carboxylic acids is 1. The van der Waals surface area contributed by atoms with Crippen LogP contribution in [0, 0.1) is 3.57 Å². The number of hydrogen-bond donors (Lipinski definition) is 3. The van der Waals surface area contributed by atoms with Gasteiger partial charge in [-0.3, -0.25) is 0 Å². The predicted octanol–water partition coefficient (Wildman–Crippen LogP) is 3.24. The summed E-state index contributed by atoms with van der Waals surface area (Å²) >= 11 is 2.13. The molecule has 3 N–H and O–H groups in total. The van der Waals surface area contributed by atoms with Gasteiger partial charge in [0.05, 0.1) is 0 Å². The fourth-order valence-corrected chi connectivity index (χ4v) is 2.34. The summed E-state index contributed by atoms with van der Waals surface area (Å²) in [5, 5.41) is 14.3. The van der Waals surface area contributed by atoms with E-state index in [1.54, 1.807) is 42.5 Å². The van der Waals surface area contributed by atoms with Crippen LogP contribution >= 0.6 is 22.6 Å². The maximum atomic E-state index is 11.9. The SMILES string of the molecule is O=C(Nc1cccc(I)c1)NC(C(=O)O)c1ccccc1. The zero-order chi connectivity index (χ0) is 15.2. The molecule has 0 saturated heterocycles. The number of nitrogens with one attached hydrogen (secondary N) is 2. The van der Waals surface area contributed by atoms with E-state index in [4.69, 9.17) is 0 Å². The maximum absolute atomic E-state index is 11.9. The summed E-state index contributed by atoms with van der Waals surface area (Å²) in [6.07, 6.45) is 0. The quantitative estimate of drug-likeness (QED) is 0.695. The van der Waals surface area contributed by atoms with Crippen LogP contribution in [-0.4, -0.2) is 17.1 Å². The van der Waals surface area contributed by atoms with E-state index in [9.17, 15) is 14.7 Å². The van der Waals surface area contributed by atoms with Gasteiger partial charge in [-0.1, -0.05) is 36.4 Å². The molecule has 1 atom stereocenters. The molecule has 0 aliphatic carbocycles. The number of benzene rings is 2. The van der Waals surface area contributed by atoms with Crippen molar-refractivity contribution in [2.45, 2.75) is 6.04 Å². The van der Waals surface area contributed by atoms with Gasteiger partial charge in [0.15, 0.2) is 6.04 Å². The van der Waals surface area contributed by atoms with Crippen molar-refractivity contribution in [2.24, 2.45) is 0 Å². The fraction of sp³-hybridized carbons (Fsp3) is 0.0667. The van der Waals surface area contributed by atoms with Crippen LogP contribution in [0.25, 0.3) is 0 Å². The summed E-state index contributed by atoms with van der Waals surface area (Å²) in [7, 11) is 0. The molecule has 108 valence electrons. The molecular weight excluding hydrogens is 383 g/mol. The van der Waals surface area contributed by atoms with Crippen LogP contribution in [0.15, 0.2) is 54.6 Å². The summed E-state index contributed by atoms with van der Waals surface area (Å²) in [5.41, 5.74) is 1.12. The number of carboxylic acids is 1. The highest BCUT2D eigenvalue weighted by atomic mass is 127. The van der Waals surface area contributed by atoms with Gasteiger partial charge in [-0.05, 0) is 46.4 Å². The molecule has 2 aromatic carbocycles. The minimum Gasteiger partial charge on any atom is -0.479 e. The molecule has 0 radical (unpaired) electrons. The van der Waals surface area contributed by atoms with E-state index >= 15 is 0 Å². The lowest BCUT2D eigenvalue weighted by Crippen LogP contribution is -2.36. The van der Waals surface area contributed by atoms with E-state index in [0.717, 1.165) is 3.57 Å². The van der Waals surface area contributed by atoms with Crippen molar-refractivity contribution in [3.63, 3.8) is 0 Å². The number of carbonyl (C=O) groups excluding carboxylic acids is 1. The van der Waals surface area contributed by atoms with Gasteiger partial charge in [-0.2, -0.15) is 0 Å². The van der Waals surface area contributed by atoms with Crippen LogP contribution in [0.5, 0.6) is 0 Å². The van der Waals surface area contributed by atoms with Crippen LogP contribution in [0.1, 0.15) is 11.6 Å². The van der Waals surface area contributed by atoms with Crippen molar-refractivity contribution < 1.29 is 14.7 Å². The van der Waals surface area contributed by atoms with Crippen molar-refractivity contribution >= 4 is 40.3 Å². The second-order valence-corrected chi connectivity index (χ2v) is 5.54. The first-order valence-corrected chi connectivity index (χ1v) is 7.25. The third kappa shape index (κ3) is 4.45. The third-order valence-electron chi connectivity index (χ3n) is 2.74. The van der Waals surface area contributed by atoms with Crippen molar-refractivity contribution in [2.75, 3.05) is 5.32 Å². The Morgan fingerprint density at radius 3 is 2.38 bits per heavy atom. The molecule has 5 nitrogen and oxygen atoms in total. The van der Waals surface area contributed by atoms with Crippen molar-refractivity contribution in [3.05, 3.63) is 63.7 Å². The van der Waals surface area contributed by atoms with Gasteiger partial charge >= 0.3 is 12.0 Å². The van der Waals surface area contributed by atoms with E-state index in [1.165, 1.54) is 0 Å². The first kappa shape index (κ1) is 15.3. The van der Waals surface area contributed by atoms with Gasteiger partial charge in [-0.25, -0.2) is 9.59 Å². The largest absolute Gasteiger partial charge is 0.479 e. The second-order valence-electron chi connectivity index (χ2n) is 4.29. The molecule has 0 fully saturated rings. The molecule has 0 saturated carbocycles. The van der Waals surface area contributed by atoms with E-state index in [2.05, 4.69) is 33.2 Å². The number of urea groups is 1. The van der Waals surface area contributed by atoms with Crippen LogP contribution < -0.4 is 10.6 Å². The summed E-state index contributed by atoms with van der Waals surface area (Å²) in [4.78, 5) is 23.2. The van der Waals surface area contributed by atoms with Crippen LogP contribution in [0.2, 0.25) is 0 Å². The number of carbonyl (C=O) groups is 2.